The second-order valence-electron chi connectivity index (χ2n) is 4.75. The van der Waals surface area contributed by atoms with Crippen LogP contribution in [-0.4, -0.2) is 54.3 Å². The Morgan fingerprint density at radius 2 is 2.00 bits per heavy atom. The Kier molecular flexibility index (Phi) is 7.46. The summed E-state index contributed by atoms with van der Waals surface area (Å²) in [6, 6.07) is 5.69. The minimum absolute atomic E-state index is 0.0376. The van der Waals surface area contributed by atoms with Gasteiger partial charge in [-0.3, -0.25) is 4.79 Å². The first-order valence-corrected chi connectivity index (χ1v) is 8.27. The SMILES string of the molecule is COCCNS(=O)(=O)c1cccc(C(=O)NC(C)COC)c1. The Hall–Kier alpha value is -1.48. The van der Waals surface area contributed by atoms with Crippen LogP contribution in [0.4, 0.5) is 0 Å². The zero-order valence-electron chi connectivity index (χ0n) is 13.0. The molecule has 2 N–H and O–H groups in total. The standard InChI is InChI=1S/C14H22N2O5S/c1-11(10-21-3)16-14(17)12-5-4-6-13(9-12)22(18,19)15-7-8-20-2/h4-6,9,11,15H,7-8,10H2,1-3H3,(H,16,17). The average molecular weight is 330 g/mol. The first-order valence-electron chi connectivity index (χ1n) is 6.79. The third kappa shape index (κ3) is 5.72. The van der Waals surface area contributed by atoms with Gasteiger partial charge in [-0.05, 0) is 25.1 Å². The summed E-state index contributed by atoms with van der Waals surface area (Å²) in [5.41, 5.74) is 0.276. The largest absolute Gasteiger partial charge is 0.383 e. The lowest BCUT2D eigenvalue weighted by atomic mass is 10.2. The molecule has 1 rings (SSSR count). The third-order valence-corrected chi connectivity index (χ3v) is 4.26. The number of hydrogen-bond acceptors (Lipinski definition) is 5. The van der Waals surface area contributed by atoms with Crippen molar-refractivity contribution in [2.75, 3.05) is 34.0 Å². The fourth-order valence-electron chi connectivity index (χ4n) is 1.76. The van der Waals surface area contributed by atoms with Crippen LogP contribution < -0.4 is 10.0 Å². The van der Waals surface area contributed by atoms with Crippen molar-refractivity contribution in [1.29, 1.82) is 0 Å². The molecule has 0 saturated carbocycles. The molecule has 0 aliphatic rings. The summed E-state index contributed by atoms with van der Waals surface area (Å²) in [6.07, 6.45) is 0. The van der Waals surface area contributed by atoms with Gasteiger partial charge in [0.05, 0.1) is 18.1 Å². The molecular formula is C14H22N2O5S. The number of nitrogens with one attached hydrogen (secondary N) is 2. The highest BCUT2D eigenvalue weighted by Gasteiger charge is 2.16. The van der Waals surface area contributed by atoms with Gasteiger partial charge in [0.15, 0.2) is 0 Å². The second-order valence-corrected chi connectivity index (χ2v) is 6.52. The summed E-state index contributed by atoms with van der Waals surface area (Å²) in [6.45, 7) is 2.62. The van der Waals surface area contributed by atoms with E-state index in [2.05, 4.69) is 10.0 Å². The lowest BCUT2D eigenvalue weighted by molar-refractivity contribution is 0.0905. The zero-order valence-corrected chi connectivity index (χ0v) is 13.8. The highest BCUT2D eigenvalue weighted by molar-refractivity contribution is 7.89. The van der Waals surface area contributed by atoms with E-state index in [9.17, 15) is 13.2 Å². The number of carbonyl (C=O) groups excluding carboxylic acids is 1. The topological polar surface area (TPSA) is 93.7 Å². The summed E-state index contributed by atoms with van der Waals surface area (Å²) >= 11 is 0. The van der Waals surface area contributed by atoms with Gasteiger partial charge in [0.2, 0.25) is 10.0 Å². The molecule has 0 spiro atoms. The van der Waals surface area contributed by atoms with E-state index in [0.29, 0.717) is 6.61 Å². The van der Waals surface area contributed by atoms with Crippen LogP contribution in [-0.2, 0) is 19.5 Å². The summed E-state index contributed by atoms with van der Waals surface area (Å²) in [5, 5.41) is 2.73. The van der Waals surface area contributed by atoms with Crippen molar-refractivity contribution in [3.8, 4) is 0 Å². The van der Waals surface area contributed by atoms with E-state index < -0.39 is 10.0 Å². The molecular weight excluding hydrogens is 308 g/mol. The number of benzene rings is 1. The molecule has 0 bridgehead atoms. The van der Waals surface area contributed by atoms with Gasteiger partial charge in [-0.15, -0.1) is 0 Å². The zero-order chi connectivity index (χ0) is 16.6. The fraction of sp³-hybridized carbons (Fsp3) is 0.500. The normalized spacial score (nSPS) is 12.9. The van der Waals surface area contributed by atoms with Crippen molar-refractivity contribution in [2.24, 2.45) is 0 Å². The molecule has 0 saturated heterocycles. The van der Waals surface area contributed by atoms with Crippen LogP contribution >= 0.6 is 0 Å². The highest BCUT2D eigenvalue weighted by atomic mass is 32.2. The van der Waals surface area contributed by atoms with Crippen molar-refractivity contribution < 1.29 is 22.7 Å². The summed E-state index contributed by atoms with van der Waals surface area (Å²) < 4.78 is 36.3. The molecule has 1 aromatic carbocycles. The monoisotopic (exact) mass is 330 g/mol. The van der Waals surface area contributed by atoms with Crippen LogP contribution in [0.1, 0.15) is 17.3 Å². The second kappa shape index (κ2) is 8.84. The first kappa shape index (κ1) is 18.6. The number of carbonyl (C=O) groups is 1. The maximum Gasteiger partial charge on any atom is 0.251 e. The highest BCUT2D eigenvalue weighted by Crippen LogP contribution is 2.11. The summed E-state index contributed by atoms with van der Waals surface area (Å²) in [4.78, 5) is 12.1. The minimum Gasteiger partial charge on any atom is -0.383 e. The molecule has 7 nitrogen and oxygen atoms in total. The Bertz CT molecular complexity index is 589. The fourth-order valence-corrected chi connectivity index (χ4v) is 2.82. The minimum atomic E-state index is -3.66. The molecule has 8 heteroatoms. The molecule has 124 valence electrons. The van der Waals surface area contributed by atoms with E-state index in [1.54, 1.807) is 20.1 Å². The quantitative estimate of drug-likeness (QED) is 0.638. The van der Waals surface area contributed by atoms with E-state index in [-0.39, 0.29) is 35.6 Å². The van der Waals surface area contributed by atoms with Gasteiger partial charge in [-0.1, -0.05) is 6.07 Å². The van der Waals surface area contributed by atoms with Crippen LogP contribution in [0.3, 0.4) is 0 Å². The van der Waals surface area contributed by atoms with Crippen LogP contribution in [0.5, 0.6) is 0 Å². The van der Waals surface area contributed by atoms with Gasteiger partial charge < -0.3 is 14.8 Å². The molecule has 1 amide bonds. The Morgan fingerprint density at radius 3 is 2.64 bits per heavy atom. The molecule has 0 heterocycles. The van der Waals surface area contributed by atoms with E-state index in [1.807, 2.05) is 0 Å². The van der Waals surface area contributed by atoms with Crippen molar-refractivity contribution in [1.82, 2.24) is 10.0 Å². The number of methoxy groups -OCH3 is 2. The van der Waals surface area contributed by atoms with Crippen molar-refractivity contribution in [3.05, 3.63) is 29.8 Å². The van der Waals surface area contributed by atoms with Crippen LogP contribution in [0.2, 0.25) is 0 Å². The molecule has 22 heavy (non-hydrogen) atoms. The summed E-state index contributed by atoms with van der Waals surface area (Å²) in [7, 11) is -0.632. The number of ether oxygens (including phenoxy) is 2. The predicted molar refractivity (Wildman–Crippen MR) is 82.3 cm³/mol. The molecule has 0 aliphatic heterocycles. The van der Waals surface area contributed by atoms with Gasteiger partial charge in [-0.2, -0.15) is 0 Å². The van der Waals surface area contributed by atoms with Crippen LogP contribution in [0.25, 0.3) is 0 Å². The lowest BCUT2D eigenvalue weighted by Crippen LogP contribution is -2.35. The van der Waals surface area contributed by atoms with E-state index in [4.69, 9.17) is 9.47 Å². The van der Waals surface area contributed by atoms with Crippen molar-refractivity contribution in [2.45, 2.75) is 17.9 Å². The van der Waals surface area contributed by atoms with Gasteiger partial charge >= 0.3 is 0 Å². The Balaban J connectivity index is 2.83. The third-order valence-electron chi connectivity index (χ3n) is 2.80. The molecule has 0 radical (unpaired) electrons. The molecule has 0 fully saturated rings. The summed E-state index contributed by atoms with van der Waals surface area (Å²) in [5.74, 6) is -0.349. The number of amides is 1. The van der Waals surface area contributed by atoms with Crippen molar-refractivity contribution >= 4 is 15.9 Å². The smallest absolute Gasteiger partial charge is 0.251 e. The Morgan fingerprint density at radius 1 is 1.27 bits per heavy atom. The van der Waals surface area contributed by atoms with E-state index in [1.165, 1.54) is 25.3 Å². The maximum atomic E-state index is 12.1. The van der Waals surface area contributed by atoms with E-state index in [0.717, 1.165) is 0 Å². The van der Waals surface area contributed by atoms with Gasteiger partial charge in [0.1, 0.15) is 0 Å². The van der Waals surface area contributed by atoms with Crippen LogP contribution in [0.15, 0.2) is 29.2 Å². The van der Waals surface area contributed by atoms with Gasteiger partial charge in [0.25, 0.3) is 5.91 Å². The molecule has 1 aromatic rings. The van der Waals surface area contributed by atoms with E-state index >= 15 is 0 Å². The number of sulfonamides is 1. The first-order chi connectivity index (χ1) is 10.4. The van der Waals surface area contributed by atoms with Crippen molar-refractivity contribution in [3.63, 3.8) is 0 Å². The average Bonchev–Trinajstić information content (AvgIpc) is 2.47. The van der Waals surface area contributed by atoms with Gasteiger partial charge in [-0.25, -0.2) is 13.1 Å². The number of hydrogen-bond donors (Lipinski definition) is 2. The Labute approximate surface area is 131 Å². The molecule has 0 aliphatic carbocycles. The predicted octanol–water partition coefficient (Wildman–Crippen LogP) is 0.376. The van der Waals surface area contributed by atoms with Gasteiger partial charge in [0, 0.05) is 32.4 Å². The number of rotatable bonds is 9. The maximum absolute atomic E-state index is 12.1. The molecule has 1 atom stereocenters. The van der Waals surface area contributed by atoms with Crippen LogP contribution in [0, 0.1) is 0 Å². The molecule has 1 unspecified atom stereocenters. The lowest BCUT2D eigenvalue weighted by Gasteiger charge is -2.13. The molecule has 0 aromatic heterocycles.